The first-order chi connectivity index (χ1) is 7.94. The molecule has 0 aliphatic carbocycles. The average molecular weight is 296 g/mol. The SMILES string of the molecule is CC(C)(C)Nc1nnc(-c2cccc(Br)c2)o1. The Morgan fingerprint density at radius 2 is 2.00 bits per heavy atom. The number of rotatable bonds is 2. The summed E-state index contributed by atoms with van der Waals surface area (Å²) in [5.74, 6) is 0.512. The molecular weight excluding hydrogens is 282 g/mol. The summed E-state index contributed by atoms with van der Waals surface area (Å²) in [6, 6.07) is 8.19. The molecule has 0 amide bonds. The number of nitrogens with one attached hydrogen (secondary N) is 1. The summed E-state index contributed by atoms with van der Waals surface area (Å²) in [6.45, 7) is 6.11. The summed E-state index contributed by atoms with van der Waals surface area (Å²) in [7, 11) is 0. The van der Waals surface area contributed by atoms with Crippen LogP contribution in [0.5, 0.6) is 0 Å². The van der Waals surface area contributed by atoms with Crippen molar-refractivity contribution in [3.63, 3.8) is 0 Å². The Labute approximate surface area is 109 Å². The summed E-state index contributed by atoms with van der Waals surface area (Å²) < 4.78 is 6.53. The van der Waals surface area contributed by atoms with Gasteiger partial charge in [0, 0.05) is 15.6 Å². The Morgan fingerprint density at radius 3 is 2.65 bits per heavy atom. The monoisotopic (exact) mass is 295 g/mol. The minimum atomic E-state index is -0.0962. The van der Waals surface area contributed by atoms with Crippen LogP contribution in [0.2, 0.25) is 0 Å². The molecule has 2 aromatic rings. The van der Waals surface area contributed by atoms with Crippen LogP contribution in [0.1, 0.15) is 20.8 Å². The van der Waals surface area contributed by atoms with Gasteiger partial charge in [0.05, 0.1) is 0 Å². The van der Waals surface area contributed by atoms with Gasteiger partial charge in [-0.1, -0.05) is 27.1 Å². The normalized spacial score (nSPS) is 11.5. The molecule has 1 heterocycles. The highest BCUT2D eigenvalue weighted by Crippen LogP contribution is 2.24. The van der Waals surface area contributed by atoms with Crippen molar-refractivity contribution in [3.8, 4) is 11.5 Å². The van der Waals surface area contributed by atoms with E-state index < -0.39 is 0 Å². The summed E-state index contributed by atoms with van der Waals surface area (Å²) in [6.07, 6.45) is 0. The van der Waals surface area contributed by atoms with Crippen molar-refractivity contribution < 1.29 is 4.42 Å². The number of hydrogen-bond donors (Lipinski definition) is 1. The van der Waals surface area contributed by atoms with Gasteiger partial charge < -0.3 is 9.73 Å². The quantitative estimate of drug-likeness (QED) is 0.918. The van der Waals surface area contributed by atoms with Gasteiger partial charge in [-0.15, -0.1) is 5.10 Å². The van der Waals surface area contributed by atoms with E-state index in [0.717, 1.165) is 10.0 Å². The third kappa shape index (κ3) is 3.30. The van der Waals surface area contributed by atoms with E-state index in [1.165, 1.54) is 0 Å². The van der Waals surface area contributed by atoms with Gasteiger partial charge in [-0.3, -0.25) is 0 Å². The Morgan fingerprint density at radius 1 is 1.24 bits per heavy atom. The molecule has 5 heteroatoms. The van der Waals surface area contributed by atoms with Gasteiger partial charge in [0.2, 0.25) is 5.89 Å². The number of nitrogens with zero attached hydrogens (tertiary/aromatic N) is 2. The first-order valence-electron chi connectivity index (χ1n) is 5.32. The van der Waals surface area contributed by atoms with Crippen molar-refractivity contribution in [1.82, 2.24) is 10.2 Å². The van der Waals surface area contributed by atoms with E-state index in [-0.39, 0.29) is 5.54 Å². The molecular formula is C12H14BrN3O. The Hall–Kier alpha value is -1.36. The maximum Gasteiger partial charge on any atom is 0.316 e. The fraction of sp³-hybridized carbons (Fsp3) is 0.333. The third-order valence-electron chi connectivity index (χ3n) is 1.98. The molecule has 0 atom stereocenters. The summed E-state index contributed by atoms with van der Waals surface area (Å²) in [4.78, 5) is 0. The summed E-state index contributed by atoms with van der Waals surface area (Å²) >= 11 is 3.41. The second-order valence-electron chi connectivity index (χ2n) is 4.80. The van der Waals surface area contributed by atoms with Crippen molar-refractivity contribution in [3.05, 3.63) is 28.7 Å². The fourth-order valence-corrected chi connectivity index (χ4v) is 1.73. The first kappa shape index (κ1) is 12.1. The van der Waals surface area contributed by atoms with Crippen LogP contribution < -0.4 is 5.32 Å². The zero-order chi connectivity index (χ0) is 12.5. The second kappa shape index (κ2) is 4.49. The smallest absolute Gasteiger partial charge is 0.316 e. The molecule has 0 aliphatic rings. The van der Waals surface area contributed by atoms with Gasteiger partial charge in [-0.25, -0.2) is 0 Å². The lowest BCUT2D eigenvalue weighted by Gasteiger charge is -2.17. The van der Waals surface area contributed by atoms with E-state index in [1.807, 2.05) is 45.0 Å². The van der Waals surface area contributed by atoms with Gasteiger partial charge >= 0.3 is 6.01 Å². The van der Waals surface area contributed by atoms with Crippen LogP contribution in [-0.4, -0.2) is 15.7 Å². The van der Waals surface area contributed by atoms with Crippen LogP contribution in [0.15, 0.2) is 33.2 Å². The van der Waals surface area contributed by atoms with Crippen molar-refractivity contribution in [2.24, 2.45) is 0 Å². The van der Waals surface area contributed by atoms with Gasteiger partial charge in [0.15, 0.2) is 0 Å². The zero-order valence-electron chi connectivity index (χ0n) is 9.99. The van der Waals surface area contributed by atoms with Crippen LogP contribution in [0.3, 0.4) is 0 Å². The van der Waals surface area contributed by atoms with Crippen LogP contribution in [0.4, 0.5) is 6.01 Å². The molecule has 2 rings (SSSR count). The molecule has 4 nitrogen and oxygen atoms in total. The summed E-state index contributed by atoms with van der Waals surface area (Å²) in [5.41, 5.74) is 0.801. The zero-order valence-corrected chi connectivity index (χ0v) is 11.6. The van der Waals surface area contributed by atoms with E-state index in [1.54, 1.807) is 0 Å². The van der Waals surface area contributed by atoms with E-state index >= 15 is 0 Å². The number of aromatic nitrogens is 2. The van der Waals surface area contributed by atoms with E-state index in [9.17, 15) is 0 Å². The van der Waals surface area contributed by atoms with Gasteiger partial charge in [0.25, 0.3) is 0 Å². The largest absolute Gasteiger partial charge is 0.403 e. The van der Waals surface area contributed by atoms with Crippen molar-refractivity contribution >= 4 is 21.9 Å². The number of benzene rings is 1. The highest BCUT2D eigenvalue weighted by atomic mass is 79.9. The minimum Gasteiger partial charge on any atom is -0.403 e. The standard InChI is InChI=1S/C12H14BrN3O/c1-12(2,3)14-11-16-15-10(17-11)8-5-4-6-9(13)7-8/h4-7H,1-3H3,(H,14,16). The predicted octanol–water partition coefficient (Wildman–Crippen LogP) is 3.71. The Bertz CT molecular complexity index is 516. The van der Waals surface area contributed by atoms with Crippen LogP contribution in [0.25, 0.3) is 11.5 Å². The molecule has 0 bridgehead atoms. The van der Waals surface area contributed by atoms with E-state index in [2.05, 4.69) is 31.4 Å². The topological polar surface area (TPSA) is 51.0 Å². The molecule has 0 aliphatic heterocycles. The van der Waals surface area contributed by atoms with Crippen LogP contribution in [0, 0.1) is 0 Å². The Kier molecular flexibility index (Phi) is 3.19. The molecule has 1 aromatic carbocycles. The van der Waals surface area contributed by atoms with Crippen LogP contribution in [-0.2, 0) is 0 Å². The molecule has 0 spiro atoms. The third-order valence-corrected chi connectivity index (χ3v) is 2.47. The maximum absolute atomic E-state index is 5.55. The molecule has 0 radical (unpaired) electrons. The highest BCUT2D eigenvalue weighted by Gasteiger charge is 2.15. The van der Waals surface area contributed by atoms with Crippen molar-refractivity contribution in [2.75, 3.05) is 5.32 Å². The number of halogens is 1. The van der Waals surface area contributed by atoms with Gasteiger partial charge in [-0.2, -0.15) is 0 Å². The van der Waals surface area contributed by atoms with Gasteiger partial charge in [-0.05, 0) is 39.0 Å². The molecule has 0 saturated heterocycles. The molecule has 90 valence electrons. The number of anilines is 1. The molecule has 0 fully saturated rings. The van der Waals surface area contributed by atoms with Gasteiger partial charge in [0.1, 0.15) is 0 Å². The van der Waals surface area contributed by atoms with Crippen molar-refractivity contribution in [2.45, 2.75) is 26.3 Å². The van der Waals surface area contributed by atoms with E-state index in [4.69, 9.17) is 4.42 Å². The highest BCUT2D eigenvalue weighted by molar-refractivity contribution is 9.10. The maximum atomic E-state index is 5.55. The lowest BCUT2D eigenvalue weighted by atomic mass is 10.1. The van der Waals surface area contributed by atoms with Crippen LogP contribution >= 0.6 is 15.9 Å². The lowest BCUT2D eigenvalue weighted by molar-refractivity contribution is 0.538. The fourth-order valence-electron chi connectivity index (χ4n) is 1.33. The summed E-state index contributed by atoms with van der Waals surface area (Å²) in [5, 5.41) is 11.1. The second-order valence-corrected chi connectivity index (χ2v) is 5.71. The molecule has 0 saturated carbocycles. The first-order valence-corrected chi connectivity index (χ1v) is 6.11. The average Bonchev–Trinajstić information content (AvgIpc) is 2.63. The molecule has 1 N–H and O–H groups in total. The predicted molar refractivity (Wildman–Crippen MR) is 70.8 cm³/mol. The lowest BCUT2D eigenvalue weighted by Crippen LogP contribution is -2.26. The molecule has 0 unspecified atom stereocenters. The molecule has 17 heavy (non-hydrogen) atoms. The number of hydrogen-bond acceptors (Lipinski definition) is 4. The Balaban J connectivity index is 2.24. The van der Waals surface area contributed by atoms with Crippen molar-refractivity contribution in [1.29, 1.82) is 0 Å². The molecule has 1 aromatic heterocycles. The van der Waals surface area contributed by atoms with E-state index in [0.29, 0.717) is 11.9 Å². The minimum absolute atomic E-state index is 0.0962.